The third-order valence-electron chi connectivity index (χ3n) is 5.21. The minimum atomic E-state index is -3.79. The van der Waals surface area contributed by atoms with Crippen molar-refractivity contribution >= 4 is 50.7 Å². The number of hydrogen-bond acceptors (Lipinski definition) is 4. The second-order valence-corrected chi connectivity index (χ2v) is 10.6. The zero-order valence-corrected chi connectivity index (χ0v) is 21.7. The number of sulfonamides is 1. The number of benzene rings is 2. The fraction of sp³-hybridized carbons (Fsp3) is 0.391. The molecule has 0 saturated heterocycles. The Morgan fingerprint density at radius 1 is 1.09 bits per heavy atom. The number of hydrogen-bond donors (Lipinski definition) is 1. The predicted molar refractivity (Wildman–Crippen MR) is 133 cm³/mol. The molecule has 0 spiro atoms. The first-order valence-electron chi connectivity index (χ1n) is 10.4. The van der Waals surface area contributed by atoms with E-state index in [1.807, 2.05) is 13.0 Å². The van der Waals surface area contributed by atoms with Crippen molar-refractivity contribution in [3.63, 3.8) is 0 Å². The molecule has 0 aromatic heterocycles. The van der Waals surface area contributed by atoms with Gasteiger partial charge in [-0.2, -0.15) is 0 Å². The van der Waals surface area contributed by atoms with Crippen LogP contribution in [0, 0.1) is 13.8 Å². The predicted octanol–water partition coefficient (Wildman–Crippen LogP) is 3.93. The highest BCUT2D eigenvalue weighted by molar-refractivity contribution is 7.92. The third-order valence-corrected chi connectivity index (χ3v) is 7.04. The maximum absolute atomic E-state index is 13.5. The molecule has 2 aromatic carbocycles. The Labute approximate surface area is 205 Å². The summed E-state index contributed by atoms with van der Waals surface area (Å²) in [7, 11) is -3.79. The largest absolute Gasteiger partial charge is 0.355 e. The summed E-state index contributed by atoms with van der Waals surface area (Å²) in [6.45, 7) is 6.88. The molecule has 33 heavy (non-hydrogen) atoms. The van der Waals surface area contributed by atoms with Gasteiger partial charge in [-0.25, -0.2) is 8.42 Å². The van der Waals surface area contributed by atoms with Gasteiger partial charge in [0, 0.05) is 28.7 Å². The van der Waals surface area contributed by atoms with Crippen LogP contribution < -0.4 is 9.62 Å². The first-order valence-corrected chi connectivity index (χ1v) is 13.0. The molecule has 2 rings (SSSR count). The molecule has 0 fully saturated rings. The van der Waals surface area contributed by atoms with Gasteiger partial charge in [0.05, 0.1) is 11.9 Å². The van der Waals surface area contributed by atoms with Crippen molar-refractivity contribution in [1.82, 2.24) is 10.2 Å². The molecule has 7 nitrogen and oxygen atoms in total. The number of carbonyl (C=O) groups is 2. The van der Waals surface area contributed by atoms with Crippen LogP contribution in [0.25, 0.3) is 0 Å². The zero-order valence-electron chi connectivity index (χ0n) is 19.4. The van der Waals surface area contributed by atoms with Crippen molar-refractivity contribution in [3.05, 3.63) is 63.1 Å². The second kappa shape index (κ2) is 11.2. The first kappa shape index (κ1) is 27.0. The van der Waals surface area contributed by atoms with Gasteiger partial charge in [0.1, 0.15) is 12.6 Å². The number of aryl methyl sites for hydroxylation is 2. The van der Waals surface area contributed by atoms with Crippen LogP contribution in [-0.2, 0) is 26.2 Å². The molecule has 2 aromatic rings. The molecule has 0 heterocycles. The van der Waals surface area contributed by atoms with E-state index < -0.39 is 28.5 Å². The van der Waals surface area contributed by atoms with E-state index >= 15 is 0 Å². The van der Waals surface area contributed by atoms with Crippen LogP contribution in [0.2, 0.25) is 10.0 Å². The standard InChI is InChI=1S/C23H29Cl2N3O4S/c1-6-26-23(30)17(4)27(13-18-19(24)8-7-9-20(18)25)22(29)14-28(33(5,31)32)21-11-10-15(2)12-16(21)3/h7-12,17H,6,13-14H2,1-5H3,(H,26,30)/t17-/m0/s1. The molecule has 0 aliphatic carbocycles. The average molecular weight is 514 g/mol. The Morgan fingerprint density at radius 2 is 1.70 bits per heavy atom. The summed E-state index contributed by atoms with van der Waals surface area (Å²) in [5, 5.41) is 3.39. The Hall–Kier alpha value is -2.29. The van der Waals surface area contributed by atoms with Crippen LogP contribution in [0.5, 0.6) is 0 Å². The molecule has 10 heteroatoms. The topological polar surface area (TPSA) is 86.8 Å². The summed E-state index contributed by atoms with van der Waals surface area (Å²) in [6.07, 6.45) is 1.04. The number of carbonyl (C=O) groups excluding carboxylic acids is 2. The molecular formula is C23H29Cl2N3O4S. The Balaban J connectivity index is 2.48. The summed E-state index contributed by atoms with van der Waals surface area (Å²) in [4.78, 5) is 27.4. The molecule has 0 aliphatic rings. The number of anilines is 1. The fourth-order valence-corrected chi connectivity index (χ4v) is 4.86. The summed E-state index contributed by atoms with van der Waals surface area (Å²) < 4.78 is 26.3. The average Bonchev–Trinajstić information content (AvgIpc) is 2.71. The summed E-state index contributed by atoms with van der Waals surface area (Å²) in [5.74, 6) is -0.929. The molecule has 0 saturated carbocycles. The van der Waals surface area contributed by atoms with Crippen LogP contribution in [0.1, 0.15) is 30.5 Å². The van der Waals surface area contributed by atoms with E-state index in [0.717, 1.165) is 16.1 Å². The van der Waals surface area contributed by atoms with Gasteiger partial charge >= 0.3 is 0 Å². The van der Waals surface area contributed by atoms with Gasteiger partial charge in [0.2, 0.25) is 21.8 Å². The van der Waals surface area contributed by atoms with Crippen molar-refractivity contribution in [2.24, 2.45) is 0 Å². The van der Waals surface area contributed by atoms with Gasteiger partial charge in [-0.3, -0.25) is 13.9 Å². The minimum Gasteiger partial charge on any atom is -0.355 e. The lowest BCUT2D eigenvalue weighted by atomic mass is 10.1. The zero-order chi connectivity index (χ0) is 24.9. The third kappa shape index (κ3) is 6.85. The van der Waals surface area contributed by atoms with Crippen molar-refractivity contribution < 1.29 is 18.0 Å². The monoisotopic (exact) mass is 513 g/mol. The van der Waals surface area contributed by atoms with Crippen molar-refractivity contribution in [2.45, 2.75) is 40.3 Å². The highest BCUT2D eigenvalue weighted by Gasteiger charge is 2.31. The summed E-state index contributed by atoms with van der Waals surface area (Å²) >= 11 is 12.6. The van der Waals surface area contributed by atoms with Crippen molar-refractivity contribution in [3.8, 4) is 0 Å². The maximum atomic E-state index is 13.5. The lowest BCUT2D eigenvalue weighted by Gasteiger charge is -2.32. The minimum absolute atomic E-state index is 0.0554. The van der Waals surface area contributed by atoms with Crippen LogP contribution in [0.4, 0.5) is 5.69 Å². The molecule has 1 N–H and O–H groups in total. The Kier molecular flexibility index (Phi) is 9.17. The van der Waals surface area contributed by atoms with Crippen molar-refractivity contribution in [2.75, 3.05) is 23.7 Å². The molecule has 180 valence electrons. The molecular weight excluding hydrogens is 485 g/mol. The van der Waals surface area contributed by atoms with Crippen LogP contribution >= 0.6 is 23.2 Å². The molecule has 0 unspecified atom stereocenters. The van der Waals surface area contributed by atoms with Gasteiger partial charge in [0.15, 0.2) is 0 Å². The van der Waals surface area contributed by atoms with E-state index in [9.17, 15) is 18.0 Å². The highest BCUT2D eigenvalue weighted by Crippen LogP contribution is 2.28. The summed E-state index contributed by atoms with van der Waals surface area (Å²) in [6, 6.07) is 9.37. The SMILES string of the molecule is CCNC(=O)[C@H](C)N(Cc1c(Cl)cccc1Cl)C(=O)CN(c1ccc(C)cc1C)S(C)(=O)=O. The van der Waals surface area contributed by atoms with Crippen LogP contribution in [0.3, 0.4) is 0 Å². The van der Waals surface area contributed by atoms with Crippen molar-refractivity contribution in [1.29, 1.82) is 0 Å². The first-order chi connectivity index (χ1) is 15.4. The Bertz CT molecular complexity index is 1120. The fourth-order valence-electron chi connectivity index (χ4n) is 3.44. The van der Waals surface area contributed by atoms with E-state index in [0.29, 0.717) is 33.4 Å². The van der Waals surface area contributed by atoms with Crippen LogP contribution in [0.15, 0.2) is 36.4 Å². The smallest absolute Gasteiger partial charge is 0.244 e. The van der Waals surface area contributed by atoms with E-state index in [4.69, 9.17) is 23.2 Å². The second-order valence-electron chi connectivity index (χ2n) is 7.85. The van der Waals surface area contributed by atoms with Gasteiger partial charge in [0.25, 0.3) is 0 Å². The molecule has 2 amide bonds. The van der Waals surface area contributed by atoms with Gasteiger partial charge in [-0.15, -0.1) is 0 Å². The van der Waals surface area contributed by atoms with E-state index in [1.54, 1.807) is 51.1 Å². The van der Waals surface area contributed by atoms with Crippen LogP contribution in [-0.4, -0.2) is 50.5 Å². The summed E-state index contributed by atoms with van der Waals surface area (Å²) in [5.41, 5.74) is 2.56. The number of amides is 2. The lowest BCUT2D eigenvalue weighted by Crippen LogP contribution is -2.51. The number of rotatable bonds is 9. The number of halogens is 2. The number of nitrogens with one attached hydrogen (secondary N) is 1. The maximum Gasteiger partial charge on any atom is 0.244 e. The normalized spacial score (nSPS) is 12.2. The van der Waals surface area contributed by atoms with E-state index in [1.165, 1.54) is 4.90 Å². The molecule has 1 atom stereocenters. The highest BCUT2D eigenvalue weighted by atomic mass is 35.5. The van der Waals surface area contributed by atoms with E-state index in [-0.39, 0.29) is 12.5 Å². The lowest BCUT2D eigenvalue weighted by molar-refractivity contribution is -0.139. The number of likely N-dealkylation sites (N-methyl/N-ethyl adjacent to an activating group) is 1. The van der Waals surface area contributed by atoms with Gasteiger partial charge < -0.3 is 10.2 Å². The number of nitrogens with zero attached hydrogens (tertiary/aromatic N) is 2. The Morgan fingerprint density at radius 3 is 2.21 bits per heavy atom. The van der Waals surface area contributed by atoms with Gasteiger partial charge in [-0.05, 0) is 51.5 Å². The molecule has 0 aliphatic heterocycles. The molecule has 0 bridgehead atoms. The van der Waals surface area contributed by atoms with Gasteiger partial charge in [-0.1, -0.05) is 47.0 Å². The molecule has 0 radical (unpaired) electrons. The quantitative estimate of drug-likeness (QED) is 0.550. The van der Waals surface area contributed by atoms with E-state index in [2.05, 4.69) is 5.32 Å².